The van der Waals surface area contributed by atoms with Gasteiger partial charge in [-0.2, -0.15) is 0 Å². The Balaban J connectivity index is 2.49. The minimum atomic E-state index is -4.31. The van der Waals surface area contributed by atoms with Crippen LogP contribution in [0.2, 0.25) is 0 Å². The quantitative estimate of drug-likeness (QED) is 0.686. The van der Waals surface area contributed by atoms with Gasteiger partial charge in [-0.15, -0.1) is 0 Å². The Kier molecular flexibility index (Phi) is 6.14. The van der Waals surface area contributed by atoms with E-state index in [9.17, 15) is 22.0 Å². The number of hydrogen-bond donors (Lipinski definition) is 0. The topological polar surface area (TPSA) is 72.9 Å². The molecule has 0 aliphatic rings. The van der Waals surface area contributed by atoms with E-state index in [0.717, 1.165) is 34.6 Å². The fraction of sp³-hybridized carbons (Fsp3) is 0.235. The maximum atomic E-state index is 13.9. The summed E-state index contributed by atoms with van der Waals surface area (Å²) in [6.07, 6.45) is 0. The molecule has 2 aromatic rings. The predicted molar refractivity (Wildman–Crippen MR) is 90.5 cm³/mol. The molecule has 0 aromatic heterocycles. The minimum absolute atomic E-state index is 0.0377. The number of carbonyl (C=O) groups excluding carboxylic acids is 1. The van der Waals surface area contributed by atoms with Gasteiger partial charge in [0.1, 0.15) is 12.4 Å². The van der Waals surface area contributed by atoms with Crippen molar-refractivity contribution in [3.8, 4) is 5.75 Å². The van der Waals surface area contributed by atoms with Crippen LogP contribution >= 0.6 is 0 Å². The standard InChI is InChI=1S/C17H17F2NO5S/c1-3-25-17(21)11-20(13-6-4-12(18)5-7-13)26(22,23)14-8-9-16(24-2)15(19)10-14/h4-10H,3,11H2,1-2H3. The number of rotatable bonds is 7. The average molecular weight is 385 g/mol. The first-order valence-electron chi connectivity index (χ1n) is 7.57. The number of hydrogen-bond acceptors (Lipinski definition) is 5. The molecular weight excluding hydrogens is 368 g/mol. The molecular formula is C17H17F2NO5S. The van der Waals surface area contributed by atoms with Crippen LogP contribution in [0, 0.1) is 11.6 Å². The van der Waals surface area contributed by atoms with Gasteiger partial charge in [0.25, 0.3) is 10.0 Å². The van der Waals surface area contributed by atoms with Crippen LogP contribution in [0.3, 0.4) is 0 Å². The molecule has 0 atom stereocenters. The van der Waals surface area contributed by atoms with E-state index in [1.807, 2.05) is 0 Å². The summed E-state index contributed by atoms with van der Waals surface area (Å²) < 4.78 is 63.2. The second-order valence-electron chi connectivity index (χ2n) is 5.09. The number of halogens is 2. The lowest BCUT2D eigenvalue weighted by Gasteiger charge is -2.23. The van der Waals surface area contributed by atoms with Crippen molar-refractivity contribution in [2.24, 2.45) is 0 Å². The lowest BCUT2D eigenvalue weighted by Crippen LogP contribution is -2.36. The van der Waals surface area contributed by atoms with Gasteiger partial charge < -0.3 is 9.47 Å². The van der Waals surface area contributed by atoms with Crippen LogP contribution in [0.25, 0.3) is 0 Å². The fourth-order valence-electron chi connectivity index (χ4n) is 2.18. The van der Waals surface area contributed by atoms with E-state index < -0.39 is 34.2 Å². The van der Waals surface area contributed by atoms with Gasteiger partial charge in [0.2, 0.25) is 0 Å². The molecule has 6 nitrogen and oxygen atoms in total. The second-order valence-corrected chi connectivity index (χ2v) is 6.95. The minimum Gasteiger partial charge on any atom is -0.494 e. The highest BCUT2D eigenvalue weighted by molar-refractivity contribution is 7.92. The van der Waals surface area contributed by atoms with E-state index in [4.69, 9.17) is 9.47 Å². The smallest absolute Gasteiger partial charge is 0.326 e. The summed E-state index contributed by atoms with van der Waals surface area (Å²) >= 11 is 0. The van der Waals surface area contributed by atoms with E-state index in [0.29, 0.717) is 0 Å². The predicted octanol–water partition coefficient (Wildman–Crippen LogP) is 2.73. The second kappa shape index (κ2) is 8.13. The molecule has 0 bridgehead atoms. The molecule has 0 heterocycles. The highest BCUT2D eigenvalue weighted by Gasteiger charge is 2.28. The Labute approximate surface area is 150 Å². The van der Waals surface area contributed by atoms with Crippen LogP contribution in [-0.4, -0.2) is 34.6 Å². The van der Waals surface area contributed by atoms with E-state index in [1.165, 1.54) is 19.2 Å². The number of benzene rings is 2. The molecule has 140 valence electrons. The van der Waals surface area contributed by atoms with Crippen molar-refractivity contribution < 1.29 is 31.5 Å². The van der Waals surface area contributed by atoms with Gasteiger partial charge >= 0.3 is 5.97 Å². The van der Waals surface area contributed by atoms with Gasteiger partial charge in [-0.1, -0.05) is 0 Å². The van der Waals surface area contributed by atoms with Crippen molar-refractivity contribution in [2.75, 3.05) is 24.6 Å². The normalized spacial score (nSPS) is 11.1. The summed E-state index contributed by atoms with van der Waals surface area (Å²) in [5, 5.41) is 0. The first-order valence-corrected chi connectivity index (χ1v) is 9.01. The maximum Gasteiger partial charge on any atom is 0.326 e. The van der Waals surface area contributed by atoms with Crippen molar-refractivity contribution >= 4 is 21.7 Å². The number of sulfonamides is 1. The molecule has 2 aromatic carbocycles. The van der Waals surface area contributed by atoms with Crippen LogP contribution in [-0.2, 0) is 19.6 Å². The molecule has 2 rings (SSSR count). The maximum absolute atomic E-state index is 13.9. The zero-order valence-electron chi connectivity index (χ0n) is 14.1. The molecule has 0 unspecified atom stereocenters. The third-order valence-electron chi connectivity index (χ3n) is 3.40. The molecule has 0 spiro atoms. The number of carbonyl (C=O) groups is 1. The van der Waals surface area contributed by atoms with Crippen molar-refractivity contribution in [1.29, 1.82) is 0 Å². The van der Waals surface area contributed by atoms with Gasteiger partial charge in [-0.05, 0) is 49.4 Å². The summed E-state index contributed by atoms with van der Waals surface area (Å²) in [6, 6.07) is 7.61. The summed E-state index contributed by atoms with van der Waals surface area (Å²) in [5.41, 5.74) is 0.0377. The van der Waals surface area contributed by atoms with Gasteiger partial charge in [0.05, 0.1) is 24.3 Å². The number of ether oxygens (including phenoxy) is 2. The van der Waals surface area contributed by atoms with Crippen LogP contribution in [0.1, 0.15) is 6.92 Å². The number of nitrogens with zero attached hydrogens (tertiary/aromatic N) is 1. The highest BCUT2D eigenvalue weighted by atomic mass is 32.2. The van der Waals surface area contributed by atoms with Gasteiger partial charge in [0.15, 0.2) is 11.6 Å². The summed E-state index contributed by atoms with van der Waals surface area (Å²) in [4.78, 5) is 11.5. The highest BCUT2D eigenvalue weighted by Crippen LogP contribution is 2.27. The van der Waals surface area contributed by atoms with E-state index in [-0.39, 0.29) is 22.9 Å². The molecule has 0 radical (unpaired) electrons. The first-order chi connectivity index (χ1) is 12.3. The third kappa shape index (κ3) is 4.29. The zero-order valence-corrected chi connectivity index (χ0v) is 14.9. The molecule has 0 amide bonds. The Bertz CT molecular complexity index is 885. The largest absolute Gasteiger partial charge is 0.494 e. The molecule has 0 saturated carbocycles. The Hall–Kier alpha value is -2.68. The van der Waals surface area contributed by atoms with Gasteiger partial charge in [-0.25, -0.2) is 17.2 Å². The van der Waals surface area contributed by atoms with Crippen molar-refractivity contribution in [3.05, 3.63) is 54.1 Å². The van der Waals surface area contributed by atoms with Crippen molar-refractivity contribution in [1.82, 2.24) is 0 Å². The number of anilines is 1. The molecule has 0 aliphatic heterocycles. The molecule has 9 heteroatoms. The zero-order chi connectivity index (χ0) is 19.3. The van der Waals surface area contributed by atoms with Crippen LogP contribution in [0.4, 0.5) is 14.5 Å². The Morgan fingerprint density at radius 1 is 1.12 bits per heavy atom. The first kappa shape index (κ1) is 19.6. The molecule has 0 saturated heterocycles. The third-order valence-corrected chi connectivity index (χ3v) is 5.17. The van der Waals surface area contributed by atoms with Gasteiger partial charge in [-0.3, -0.25) is 9.10 Å². The SMILES string of the molecule is CCOC(=O)CN(c1ccc(F)cc1)S(=O)(=O)c1ccc(OC)c(F)c1. The van der Waals surface area contributed by atoms with E-state index in [2.05, 4.69) is 0 Å². The summed E-state index contributed by atoms with van der Waals surface area (Å²) in [5.74, 6) is -2.36. The van der Waals surface area contributed by atoms with Crippen LogP contribution in [0.15, 0.2) is 47.4 Å². The summed E-state index contributed by atoms with van der Waals surface area (Å²) in [6.45, 7) is 0.996. The average Bonchev–Trinajstić information content (AvgIpc) is 2.60. The molecule has 0 fully saturated rings. The Morgan fingerprint density at radius 3 is 2.31 bits per heavy atom. The Morgan fingerprint density at radius 2 is 1.77 bits per heavy atom. The van der Waals surface area contributed by atoms with Gasteiger partial charge in [0, 0.05) is 0 Å². The van der Waals surface area contributed by atoms with Crippen LogP contribution < -0.4 is 9.04 Å². The molecule has 26 heavy (non-hydrogen) atoms. The molecule has 0 aliphatic carbocycles. The van der Waals surface area contributed by atoms with E-state index in [1.54, 1.807) is 6.92 Å². The van der Waals surface area contributed by atoms with E-state index >= 15 is 0 Å². The fourth-order valence-corrected chi connectivity index (χ4v) is 3.60. The van der Waals surface area contributed by atoms with Crippen molar-refractivity contribution in [3.63, 3.8) is 0 Å². The lowest BCUT2D eigenvalue weighted by atomic mass is 10.3. The monoisotopic (exact) mass is 385 g/mol. The number of methoxy groups -OCH3 is 1. The van der Waals surface area contributed by atoms with Crippen molar-refractivity contribution in [2.45, 2.75) is 11.8 Å². The lowest BCUT2D eigenvalue weighted by molar-refractivity contribution is -0.141. The van der Waals surface area contributed by atoms with Crippen LogP contribution in [0.5, 0.6) is 5.75 Å². The number of esters is 1. The molecule has 0 N–H and O–H groups in total. The summed E-state index contributed by atoms with van der Waals surface area (Å²) in [7, 11) is -3.07.